The van der Waals surface area contributed by atoms with Gasteiger partial charge in [0.05, 0.1) is 7.11 Å². The van der Waals surface area contributed by atoms with Crippen LogP contribution in [0.3, 0.4) is 0 Å². The first-order valence-electron chi connectivity index (χ1n) is 9.45. The minimum atomic E-state index is -0.0961. The number of nitrogens with one attached hydrogen (secondary N) is 1. The lowest BCUT2D eigenvalue weighted by atomic mass is 9.90. The molecule has 2 aromatic carbocycles. The Labute approximate surface area is 161 Å². The Balaban J connectivity index is 1.57. The molecule has 27 heavy (non-hydrogen) atoms. The zero-order chi connectivity index (χ0) is 19.2. The van der Waals surface area contributed by atoms with Crippen molar-refractivity contribution >= 4 is 11.7 Å². The molecule has 1 heterocycles. The molecular formula is C22H28N2O3. The number of likely N-dealkylation sites (tertiary alicyclic amines) is 1. The fourth-order valence-electron chi connectivity index (χ4n) is 3.66. The van der Waals surface area contributed by atoms with Gasteiger partial charge in [0, 0.05) is 31.3 Å². The molecule has 1 fully saturated rings. The van der Waals surface area contributed by atoms with E-state index in [2.05, 4.69) is 11.4 Å². The maximum absolute atomic E-state index is 12.6. The van der Waals surface area contributed by atoms with Gasteiger partial charge in [-0.3, -0.25) is 0 Å². The highest BCUT2D eigenvalue weighted by molar-refractivity contribution is 5.89. The largest absolute Gasteiger partial charge is 0.497 e. The molecule has 2 amide bonds. The Kier molecular flexibility index (Phi) is 6.35. The fourth-order valence-corrected chi connectivity index (χ4v) is 3.66. The van der Waals surface area contributed by atoms with E-state index in [1.165, 1.54) is 5.56 Å². The van der Waals surface area contributed by atoms with Crippen molar-refractivity contribution in [2.75, 3.05) is 32.1 Å². The van der Waals surface area contributed by atoms with Crippen LogP contribution in [0.15, 0.2) is 48.5 Å². The summed E-state index contributed by atoms with van der Waals surface area (Å²) in [4.78, 5) is 14.4. The van der Waals surface area contributed by atoms with Gasteiger partial charge < -0.3 is 20.1 Å². The summed E-state index contributed by atoms with van der Waals surface area (Å²) in [7, 11) is 1.67. The summed E-state index contributed by atoms with van der Waals surface area (Å²) in [6.45, 7) is 3.39. The number of hydrogen-bond acceptors (Lipinski definition) is 3. The summed E-state index contributed by atoms with van der Waals surface area (Å²) in [6.07, 6.45) is 1.85. The lowest BCUT2D eigenvalue weighted by molar-refractivity contribution is 0.196. The van der Waals surface area contributed by atoms with Crippen molar-refractivity contribution in [3.05, 3.63) is 59.7 Å². The third-order valence-electron chi connectivity index (χ3n) is 5.34. The predicted octanol–water partition coefficient (Wildman–Crippen LogP) is 3.71. The third-order valence-corrected chi connectivity index (χ3v) is 5.34. The molecule has 2 N–H and O–H groups in total. The van der Waals surface area contributed by atoms with E-state index >= 15 is 0 Å². The second-order valence-electron chi connectivity index (χ2n) is 7.29. The van der Waals surface area contributed by atoms with Gasteiger partial charge in [-0.15, -0.1) is 0 Å². The first kappa shape index (κ1) is 19.2. The number of urea groups is 1. The van der Waals surface area contributed by atoms with Gasteiger partial charge in [-0.1, -0.05) is 29.8 Å². The minimum absolute atomic E-state index is 0.0961. The number of aliphatic hydroxyl groups is 1. The van der Waals surface area contributed by atoms with E-state index in [9.17, 15) is 9.90 Å². The van der Waals surface area contributed by atoms with E-state index in [4.69, 9.17) is 4.74 Å². The molecule has 0 unspecified atom stereocenters. The van der Waals surface area contributed by atoms with Gasteiger partial charge in [-0.05, 0) is 55.5 Å². The molecule has 0 radical (unpaired) electrons. The summed E-state index contributed by atoms with van der Waals surface area (Å²) in [5.74, 6) is 1.28. The van der Waals surface area contributed by atoms with E-state index in [-0.39, 0.29) is 18.6 Å². The smallest absolute Gasteiger partial charge is 0.321 e. The second-order valence-corrected chi connectivity index (χ2v) is 7.29. The molecule has 0 aromatic heterocycles. The maximum atomic E-state index is 12.6. The molecular weight excluding hydrogens is 340 g/mol. The number of aryl methyl sites for hydroxylation is 2. The molecule has 1 aliphatic rings. The van der Waals surface area contributed by atoms with Crippen LogP contribution in [0.1, 0.15) is 17.5 Å². The Morgan fingerprint density at radius 1 is 1.19 bits per heavy atom. The van der Waals surface area contributed by atoms with Crippen molar-refractivity contribution in [3.8, 4) is 5.75 Å². The summed E-state index contributed by atoms with van der Waals surface area (Å²) >= 11 is 0. The average Bonchev–Trinajstić information content (AvgIpc) is 3.12. The number of ether oxygens (including phenoxy) is 1. The van der Waals surface area contributed by atoms with Crippen LogP contribution in [0, 0.1) is 18.8 Å². The van der Waals surface area contributed by atoms with Crippen molar-refractivity contribution in [1.29, 1.82) is 0 Å². The van der Waals surface area contributed by atoms with E-state index in [0.29, 0.717) is 19.0 Å². The summed E-state index contributed by atoms with van der Waals surface area (Å²) in [6, 6.07) is 15.7. The number of hydrogen-bond donors (Lipinski definition) is 2. The van der Waals surface area contributed by atoms with E-state index < -0.39 is 0 Å². The van der Waals surface area contributed by atoms with Crippen LogP contribution in [-0.4, -0.2) is 42.8 Å². The van der Waals surface area contributed by atoms with Gasteiger partial charge in [0.25, 0.3) is 0 Å². The fraction of sp³-hybridized carbons (Fsp3) is 0.409. The SMILES string of the molecule is COc1cccc(CC[C@@H]2CN(C(=O)Nc3ccc(C)cc3)C[C@@H]2CO)c1. The number of nitrogens with zero attached hydrogens (tertiary/aromatic N) is 1. The van der Waals surface area contributed by atoms with Gasteiger partial charge in [-0.2, -0.15) is 0 Å². The third kappa shape index (κ3) is 5.01. The number of rotatable bonds is 6. The Bertz CT molecular complexity index is 760. The standard InChI is InChI=1S/C22H28N2O3/c1-16-6-10-20(11-7-16)23-22(26)24-13-18(19(14-24)15-25)9-8-17-4-3-5-21(12-17)27-2/h3-7,10-12,18-19,25H,8-9,13-15H2,1-2H3,(H,23,26)/t18-,19-/m1/s1. The molecule has 2 aromatic rings. The molecule has 1 saturated heterocycles. The zero-order valence-corrected chi connectivity index (χ0v) is 16.0. The molecule has 0 aliphatic carbocycles. The average molecular weight is 368 g/mol. The van der Waals surface area contributed by atoms with Gasteiger partial charge in [-0.25, -0.2) is 4.79 Å². The number of methoxy groups -OCH3 is 1. The van der Waals surface area contributed by atoms with Gasteiger partial charge in [0.1, 0.15) is 5.75 Å². The number of anilines is 1. The topological polar surface area (TPSA) is 61.8 Å². The minimum Gasteiger partial charge on any atom is -0.497 e. The first-order chi connectivity index (χ1) is 13.1. The number of aliphatic hydroxyl groups excluding tert-OH is 1. The Morgan fingerprint density at radius 2 is 1.93 bits per heavy atom. The van der Waals surface area contributed by atoms with Crippen LogP contribution in [-0.2, 0) is 6.42 Å². The van der Waals surface area contributed by atoms with Gasteiger partial charge >= 0.3 is 6.03 Å². The van der Waals surface area contributed by atoms with Crippen molar-refractivity contribution in [3.63, 3.8) is 0 Å². The number of benzene rings is 2. The highest BCUT2D eigenvalue weighted by atomic mass is 16.5. The molecule has 5 nitrogen and oxygen atoms in total. The Hall–Kier alpha value is -2.53. The van der Waals surface area contributed by atoms with Crippen LogP contribution in [0.5, 0.6) is 5.75 Å². The molecule has 3 rings (SSSR count). The summed E-state index contributed by atoms with van der Waals surface area (Å²) < 4.78 is 5.28. The van der Waals surface area contributed by atoms with E-state index in [1.807, 2.05) is 54.3 Å². The maximum Gasteiger partial charge on any atom is 0.321 e. The summed E-state index contributed by atoms with van der Waals surface area (Å²) in [5.41, 5.74) is 3.17. The quantitative estimate of drug-likeness (QED) is 0.817. The molecule has 144 valence electrons. The van der Waals surface area contributed by atoms with Crippen LogP contribution in [0.2, 0.25) is 0 Å². The number of carbonyl (C=O) groups is 1. The lowest BCUT2D eigenvalue weighted by Gasteiger charge is -2.17. The van der Waals surface area contributed by atoms with Crippen molar-refractivity contribution in [1.82, 2.24) is 4.90 Å². The molecule has 0 saturated carbocycles. The van der Waals surface area contributed by atoms with E-state index in [0.717, 1.165) is 29.8 Å². The van der Waals surface area contributed by atoms with Crippen molar-refractivity contribution in [2.24, 2.45) is 11.8 Å². The highest BCUT2D eigenvalue weighted by Crippen LogP contribution is 2.28. The summed E-state index contributed by atoms with van der Waals surface area (Å²) in [5, 5.41) is 12.7. The molecule has 1 aliphatic heterocycles. The van der Waals surface area contributed by atoms with Crippen LogP contribution in [0.25, 0.3) is 0 Å². The van der Waals surface area contributed by atoms with Crippen LogP contribution in [0.4, 0.5) is 10.5 Å². The number of carbonyl (C=O) groups excluding carboxylic acids is 1. The number of amides is 2. The van der Waals surface area contributed by atoms with Crippen LogP contribution < -0.4 is 10.1 Å². The normalized spacial score (nSPS) is 19.1. The highest BCUT2D eigenvalue weighted by Gasteiger charge is 2.34. The molecule has 0 spiro atoms. The Morgan fingerprint density at radius 3 is 2.63 bits per heavy atom. The molecule has 5 heteroatoms. The monoisotopic (exact) mass is 368 g/mol. The van der Waals surface area contributed by atoms with Gasteiger partial charge in [0.15, 0.2) is 0 Å². The van der Waals surface area contributed by atoms with Crippen molar-refractivity contribution < 1.29 is 14.6 Å². The lowest BCUT2D eigenvalue weighted by Crippen LogP contribution is -2.33. The first-order valence-corrected chi connectivity index (χ1v) is 9.45. The molecule has 2 atom stereocenters. The predicted molar refractivity (Wildman–Crippen MR) is 107 cm³/mol. The zero-order valence-electron chi connectivity index (χ0n) is 16.0. The van der Waals surface area contributed by atoms with Crippen molar-refractivity contribution in [2.45, 2.75) is 19.8 Å². The second kappa shape index (κ2) is 8.91. The molecule has 0 bridgehead atoms. The van der Waals surface area contributed by atoms with E-state index in [1.54, 1.807) is 7.11 Å². The van der Waals surface area contributed by atoms with Gasteiger partial charge in [0.2, 0.25) is 0 Å². The van der Waals surface area contributed by atoms with Crippen LogP contribution >= 0.6 is 0 Å².